The van der Waals surface area contributed by atoms with E-state index in [4.69, 9.17) is 0 Å². The van der Waals surface area contributed by atoms with Crippen LogP contribution in [0.1, 0.15) is 12.8 Å². The average Bonchev–Trinajstić information content (AvgIpc) is 2.52. The SMILES string of the molecule is Fc1nc(F)c(F)c(NCCCCNc2ccccn2)c1F. The van der Waals surface area contributed by atoms with Gasteiger partial charge in [-0.2, -0.15) is 22.5 Å². The van der Waals surface area contributed by atoms with Gasteiger partial charge in [0.05, 0.1) is 0 Å². The highest BCUT2D eigenvalue weighted by Gasteiger charge is 2.20. The van der Waals surface area contributed by atoms with Crippen LogP contribution in [0.15, 0.2) is 24.4 Å². The van der Waals surface area contributed by atoms with E-state index in [-0.39, 0.29) is 6.54 Å². The lowest BCUT2D eigenvalue weighted by Crippen LogP contribution is -2.12. The van der Waals surface area contributed by atoms with Crippen molar-refractivity contribution in [1.82, 2.24) is 9.97 Å². The van der Waals surface area contributed by atoms with Crippen LogP contribution < -0.4 is 10.6 Å². The topological polar surface area (TPSA) is 49.8 Å². The number of hydrogen-bond acceptors (Lipinski definition) is 4. The molecule has 4 nitrogen and oxygen atoms in total. The zero-order chi connectivity index (χ0) is 15.9. The zero-order valence-corrected chi connectivity index (χ0v) is 11.5. The molecule has 0 unspecified atom stereocenters. The molecule has 0 aliphatic carbocycles. The van der Waals surface area contributed by atoms with Gasteiger partial charge in [-0.3, -0.25) is 0 Å². The molecule has 0 aromatic carbocycles. The van der Waals surface area contributed by atoms with Crippen LogP contribution in [0, 0.1) is 23.5 Å². The third-order valence-electron chi connectivity index (χ3n) is 2.87. The Morgan fingerprint density at radius 3 is 2.09 bits per heavy atom. The fourth-order valence-electron chi connectivity index (χ4n) is 1.79. The summed E-state index contributed by atoms with van der Waals surface area (Å²) in [4.78, 5) is 6.55. The summed E-state index contributed by atoms with van der Waals surface area (Å²) < 4.78 is 52.4. The van der Waals surface area contributed by atoms with Gasteiger partial charge in [0.2, 0.25) is 11.6 Å². The number of rotatable bonds is 7. The lowest BCUT2D eigenvalue weighted by Gasteiger charge is -2.09. The number of unbranched alkanes of at least 4 members (excludes halogenated alkanes) is 1. The third-order valence-corrected chi connectivity index (χ3v) is 2.87. The van der Waals surface area contributed by atoms with E-state index in [1.807, 2.05) is 12.1 Å². The molecule has 2 heterocycles. The molecule has 2 rings (SSSR count). The molecule has 22 heavy (non-hydrogen) atoms. The van der Waals surface area contributed by atoms with Crippen LogP contribution in [0.2, 0.25) is 0 Å². The fraction of sp³-hybridized carbons (Fsp3) is 0.286. The van der Waals surface area contributed by atoms with Crippen LogP contribution in [0.4, 0.5) is 29.1 Å². The Morgan fingerprint density at radius 2 is 1.50 bits per heavy atom. The Balaban J connectivity index is 1.75. The molecular formula is C14H14F4N4. The predicted molar refractivity (Wildman–Crippen MR) is 74.5 cm³/mol. The van der Waals surface area contributed by atoms with Crippen molar-refractivity contribution in [3.8, 4) is 0 Å². The highest BCUT2D eigenvalue weighted by atomic mass is 19.2. The van der Waals surface area contributed by atoms with Crippen LogP contribution in [0.5, 0.6) is 0 Å². The maximum atomic E-state index is 13.3. The smallest absolute Gasteiger partial charge is 0.253 e. The summed E-state index contributed by atoms with van der Waals surface area (Å²) in [6.07, 6.45) is 2.88. The van der Waals surface area contributed by atoms with Crippen molar-refractivity contribution in [1.29, 1.82) is 0 Å². The highest BCUT2D eigenvalue weighted by molar-refractivity contribution is 5.45. The normalized spacial score (nSPS) is 10.5. The summed E-state index contributed by atoms with van der Waals surface area (Å²) in [6, 6.07) is 5.45. The fourth-order valence-corrected chi connectivity index (χ4v) is 1.79. The van der Waals surface area contributed by atoms with E-state index in [1.165, 1.54) is 0 Å². The van der Waals surface area contributed by atoms with Crippen molar-refractivity contribution in [3.05, 3.63) is 47.9 Å². The lowest BCUT2D eigenvalue weighted by atomic mass is 10.3. The molecule has 0 saturated carbocycles. The molecule has 2 N–H and O–H groups in total. The van der Waals surface area contributed by atoms with Gasteiger partial charge < -0.3 is 10.6 Å². The van der Waals surface area contributed by atoms with E-state index < -0.39 is 29.2 Å². The number of aromatic nitrogens is 2. The predicted octanol–water partition coefficient (Wildman–Crippen LogP) is 3.34. The molecule has 0 fully saturated rings. The largest absolute Gasteiger partial charge is 0.380 e. The number of nitrogens with one attached hydrogen (secondary N) is 2. The second-order valence-corrected chi connectivity index (χ2v) is 4.47. The molecule has 8 heteroatoms. The first kappa shape index (κ1) is 16.0. The van der Waals surface area contributed by atoms with E-state index >= 15 is 0 Å². The van der Waals surface area contributed by atoms with Gasteiger partial charge in [-0.1, -0.05) is 6.07 Å². The van der Waals surface area contributed by atoms with Crippen LogP contribution >= 0.6 is 0 Å². The minimum atomic E-state index is -1.67. The first-order chi connectivity index (χ1) is 10.6. The van der Waals surface area contributed by atoms with Crippen molar-refractivity contribution >= 4 is 11.5 Å². The van der Waals surface area contributed by atoms with Gasteiger partial charge in [-0.25, -0.2) is 4.98 Å². The molecule has 0 radical (unpaired) electrons. The van der Waals surface area contributed by atoms with E-state index in [1.54, 1.807) is 12.3 Å². The summed E-state index contributed by atoms with van der Waals surface area (Å²) in [5.74, 6) is -5.65. The Hall–Kier alpha value is -2.38. The van der Waals surface area contributed by atoms with Crippen molar-refractivity contribution in [2.45, 2.75) is 12.8 Å². The first-order valence-corrected chi connectivity index (χ1v) is 6.68. The van der Waals surface area contributed by atoms with Crippen LogP contribution in [-0.4, -0.2) is 23.1 Å². The lowest BCUT2D eigenvalue weighted by molar-refractivity contribution is 0.410. The van der Waals surface area contributed by atoms with Gasteiger partial charge in [-0.05, 0) is 25.0 Å². The van der Waals surface area contributed by atoms with E-state index in [9.17, 15) is 17.6 Å². The number of halogens is 4. The van der Waals surface area contributed by atoms with Crippen molar-refractivity contribution < 1.29 is 17.6 Å². The summed E-state index contributed by atoms with van der Waals surface area (Å²) in [7, 11) is 0. The zero-order valence-electron chi connectivity index (χ0n) is 11.5. The van der Waals surface area contributed by atoms with Gasteiger partial charge in [0.1, 0.15) is 11.5 Å². The summed E-state index contributed by atoms with van der Waals surface area (Å²) in [5.41, 5.74) is -0.831. The molecular weight excluding hydrogens is 300 g/mol. The highest BCUT2D eigenvalue weighted by Crippen LogP contribution is 2.21. The van der Waals surface area contributed by atoms with Gasteiger partial charge in [-0.15, -0.1) is 0 Å². The van der Waals surface area contributed by atoms with Crippen LogP contribution in [0.25, 0.3) is 0 Å². The molecule has 118 valence electrons. The molecule has 0 bridgehead atoms. The Morgan fingerprint density at radius 1 is 0.864 bits per heavy atom. The Labute approximate surface area is 124 Å². The summed E-state index contributed by atoms with van der Waals surface area (Å²) in [6.45, 7) is 0.781. The molecule has 0 spiro atoms. The molecule has 0 aliphatic rings. The molecule has 0 atom stereocenters. The molecule has 0 aliphatic heterocycles. The Kier molecular flexibility index (Phi) is 5.51. The first-order valence-electron chi connectivity index (χ1n) is 6.68. The number of nitrogens with zero attached hydrogens (tertiary/aromatic N) is 2. The molecule has 0 saturated heterocycles. The molecule has 2 aromatic heterocycles. The number of hydrogen-bond donors (Lipinski definition) is 2. The summed E-state index contributed by atoms with van der Waals surface area (Å²) in [5, 5.41) is 5.42. The van der Waals surface area contributed by atoms with Crippen LogP contribution in [-0.2, 0) is 0 Å². The maximum absolute atomic E-state index is 13.3. The number of anilines is 2. The standard InChI is InChI=1S/C14H14F4N4/c15-10-12(11(16)14(18)22-13(10)17)21-8-4-3-7-20-9-5-1-2-6-19-9/h1-2,5-6H,3-4,7-8H2,(H,19,20)(H,21,22). The van der Waals surface area contributed by atoms with Crippen molar-refractivity contribution in [2.24, 2.45) is 0 Å². The molecule has 2 aromatic rings. The molecule has 0 amide bonds. The second-order valence-electron chi connectivity index (χ2n) is 4.47. The maximum Gasteiger partial charge on any atom is 0.253 e. The van der Waals surface area contributed by atoms with Crippen LogP contribution in [0.3, 0.4) is 0 Å². The van der Waals surface area contributed by atoms with Crippen molar-refractivity contribution in [2.75, 3.05) is 23.7 Å². The van der Waals surface area contributed by atoms with E-state index in [0.29, 0.717) is 19.4 Å². The average molecular weight is 314 g/mol. The van der Waals surface area contributed by atoms with E-state index in [0.717, 1.165) is 5.82 Å². The van der Waals surface area contributed by atoms with Gasteiger partial charge in [0.25, 0.3) is 11.9 Å². The minimum Gasteiger partial charge on any atom is -0.380 e. The second kappa shape index (κ2) is 7.58. The quantitative estimate of drug-likeness (QED) is 0.467. The summed E-state index contributed by atoms with van der Waals surface area (Å²) >= 11 is 0. The Bertz CT molecular complexity index is 596. The van der Waals surface area contributed by atoms with Gasteiger partial charge in [0.15, 0.2) is 0 Å². The minimum absolute atomic E-state index is 0.167. The number of pyridine rings is 2. The van der Waals surface area contributed by atoms with Gasteiger partial charge >= 0.3 is 0 Å². The van der Waals surface area contributed by atoms with Crippen molar-refractivity contribution in [3.63, 3.8) is 0 Å². The third kappa shape index (κ3) is 4.06. The van der Waals surface area contributed by atoms with Gasteiger partial charge in [0, 0.05) is 19.3 Å². The van der Waals surface area contributed by atoms with E-state index in [2.05, 4.69) is 20.6 Å². The monoisotopic (exact) mass is 314 g/mol.